The lowest BCUT2D eigenvalue weighted by Gasteiger charge is -2.30. The maximum atomic E-state index is 12.6. The van der Waals surface area contributed by atoms with E-state index in [2.05, 4.69) is 4.98 Å². The van der Waals surface area contributed by atoms with Gasteiger partial charge in [-0.3, -0.25) is 0 Å². The maximum absolute atomic E-state index is 12.6. The predicted octanol–water partition coefficient (Wildman–Crippen LogP) is 3.36. The van der Waals surface area contributed by atoms with Crippen LogP contribution in [0.5, 0.6) is 0 Å². The minimum Gasteiger partial charge on any atom is -0.249 e. The molecule has 3 rings (SSSR count). The van der Waals surface area contributed by atoms with Crippen LogP contribution in [0.15, 0.2) is 40.7 Å². The SMILES string of the molecule is O=S(=O)(c1ccc(Cl)cc1)N1CCC(c2nccs2)CC1. The molecular formula is C14H15ClN2O2S2. The summed E-state index contributed by atoms with van der Waals surface area (Å²) < 4.78 is 26.7. The molecule has 2 aromatic rings. The lowest BCUT2D eigenvalue weighted by atomic mass is 9.99. The van der Waals surface area contributed by atoms with Gasteiger partial charge in [0, 0.05) is 35.6 Å². The zero-order valence-corrected chi connectivity index (χ0v) is 13.7. The average Bonchev–Trinajstić information content (AvgIpc) is 3.02. The number of thiazole rings is 1. The minimum absolute atomic E-state index is 0.305. The highest BCUT2D eigenvalue weighted by molar-refractivity contribution is 7.89. The highest BCUT2D eigenvalue weighted by Crippen LogP contribution is 2.31. The van der Waals surface area contributed by atoms with Gasteiger partial charge < -0.3 is 0 Å². The van der Waals surface area contributed by atoms with E-state index in [0.29, 0.717) is 28.9 Å². The van der Waals surface area contributed by atoms with E-state index in [1.165, 1.54) is 0 Å². The lowest BCUT2D eigenvalue weighted by Crippen LogP contribution is -2.37. The zero-order valence-electron chi connectivity index (χ0n) is 11.3. The first-order valence-corrected chi connectivity index (χ1v) is 9.42. The number of halogens is 1. The Kier molecular flexibility index (Phi) is 4.31. The number of hydrogen-bond donors (Lipinski definition) is 0. The first-order valence-electron chi connectivity index (χ1n) is 6.72. The van der Waals surface area contributed by atoms with Gasteiger partial charge in [-0.25, -0.2) is 13.4 Å². The van der Waals surface area contributed by atoms with Crippen LogP contribution in [0.2, 0.25) is 5.02 Å². The van der Waals surface area contributed by atoms with E-state index in [0.717, 1.165) is 17.8 Å². The molecule has 1 aromatic heterocycles. The van der Waals surface area contributed by atoms with Crippen molar-refractivity contribution in [2.45, 2.75) is 23.7 Å². The summed E-state index contributed by atoms with van der Waals surface area (Å²) in [6.07, 6.45) is 3.44. The highest BCUT2D eigenvalue weighted by atomic mass is 35.5. The minimum atomic E-state index is -3.41. The monoisotopic (exact) mass is 342 g/mol. The van der Waals surface area contributed by atoms with Crippen molar-refractivity contribution in [3.05, 3.63) is 45.9 Å². The van der Waals surface area contributed by atoms with Gasteiger partial charge in [-0.1, -0.05) is 11.6 Å². The van der Waals surface area contributed by atoms with Gasteiger partial charge in [-0.2, -0.15) is 4.31 Å². The molecule has 4 nitrogen and oxygen atoms in total. The third-order valence-corrected chi connectivity index (χ3v) is 6.81. The van der Waals surface area contributed by atoms with Crippen molar-refractivity contribution in [3.8, 4) is 0 Å². The van der Waals surface area contributed by atoms with Gasteiger partial charge in [0.1, 0.15) is 0 Å². The van der Waals surface area contributed by atoms with Gasteiger partial charge >= 0.3 is 0 Å². The molecule has 1 aliphatic heterocycles. The Bertz CT molecular complexity index is 691. The molecule has 1 aliphatic rings. The number of rotatable bonds is 3. The van der Waals surface area contributed by atoms with Crippen LogP contribution < -0.4 is 0 Å². The Morgan fingerprint density at radius 2 is 1.86 bits per heavy atom. The van der Waals surface area contributed by atoms with Gasteiger partial charge in [0.05, 0.1) is 9.90 Å². The fourth-order valence-corrected chi connectivity index (χ4v) is 4.94. The molecule has 0 saturated carbocycles. The zero-order chi connectivity index (χ0) is 14.9. The highest BCUT2D eigenvalue weighted by Gasteiger charge is 2.30. The van der Waals surface area contributed by atoms with Crippen LogP contribution in [0.1, 0.15) is 23.8 Å². The fourth-order valence-electron chi connectivity index (χ4n) is 2.53. The van der Waals surface area contributed by atoms with Crippen LogP contribution >= 0.6 is 22.9 Å². The van der Waals surface area contributed by atoms with Crippen LogP contribution in [0.3, 0.4) is 0 Å². The van der Waals surface area contributed by atoms with E-state index < -0.39 is 10.0 Å². The maximum Gasteiger partial charge on any atom is 0.243 e. The quantitative estimate of drug-likeness (QED) is 0.859. The summed E-state index contributed by atoms with van der Waals surface area (Å²) in [5, 5.41) is 3.61. The van der Waals surface area contributed by atoms with Crippen molar-refractivity contribution in [2.75, 3.05) is 13.1 Å². The standard InChI is InChI=1S/C14H15ClN2O2S2/c15-12-1-3-13(4-2-12)21(18,19)17-8-5-11(6-9-17)14-16-7-10-20-14/h1-4,7,10-11H,5-6,8-9H2. The van der Waals surface area contributed by atoms with Gasteiger partial charge in [0.15, 0.2) is 0 Å². The van der Waals surface area contributed by atoms with E-state index >= 15 is 0 Å². The molecule has 0 unspecified atom stereocenters. The van der Waals surface area contributed by atoms with E-state index in [9.17, 15) is 8.42 Å². The van der Waals surface area contributed by atoms with Crippen LogP contribution in [0.4, 0.5) is 0 Å². The van der Waals surface area contributed by atoms with Crippen molar-refractivity contribution in [1.29, 1.82) is 0 Å². The predicted molar refractivity (Wildman–Crippen MR) is 84.3 cm³/mol. The summed E-state index contributed by atoms with van der Waals surface area (Å²) in [7, 11) is -3.41. The van der Waals surface area contributed by atoms with E-state index in [1.807, 2.05) is 5.38 Å². The number of nitrogens with zero attached hydrogens (tertiary/aromatic N) is 2. The molecular weight excluding hydrogens is 328 g/mol. The van der Waals surface area contributed by atoms with Crippen molar-refractivity contribution in [1.82, 2.24) is 9.29 Å². The van der Waals surface area contributed by atoms with Crippen molar-refractivity contribution < 1.29 is 8.42 Å². The van der Waals surface area contributed by atoms with Crippen molar-refractivity contribution >= 4 is 33.0 Å². The molecule has 0 bridgehead atoms. The third-order valence-electron chi connectivity index (χ3n) is 3.71. The van der Waals surface area contributed by atoms with E-state index in [1.54, 1.807) is 46.1 Å². The molecule has 0 N–H and O–H groups in total. The Hall–Kier alpha value is -0.950. The van der Waals surface area contributed by atoms with Crippen molar-refractivity contribution in [3.63, 3.8) is 0 Å². The fraction of sp³-hybridized carbons (Fsp3) is 0.357. The Morgan fingerprint density at radius 1 is 1.19 bits per heavy atom. The first kappa shape index (κ1) is 15.0. The van der Waals surface area contributed by atoms with Crippen LogP contribution in [-0.2, 0) is 10.0 Å². The summed E-state index contributed by atoms with van der Waals surface area (Å²) >= 11 is 7.45. The summed E-state index contributed by atoms with van der Waals surface area (Å²) in [6.45, 7) is 1.07. The molecule has 2 heterocycles. The summed E-state index contributed by atoms with van der Waals surface area (Å²) in [6, 6.07) is 6.34. The number of hydrogen-bond acceptors (Lipinski definition) is 4. The second-order valence-corrected chi connectivity index (χ2v) is 8.30. The number of piperidine rings is 1. The topological polar surface area (TPSA) is 50.3 Å². The third kappa shape index (κ3) is 3.13. The van der Waals surface area contributed by atoms with Crippen molar-refractivity contribution in [2.24, 2.45) is 0 Å². The lowest BCUT2D eigenvalue weighted by molar-refractivity contribution is 0.319. The average molecular weight is 343 g/mol. The molecule has 1 aromatic carbocycles. The van der Waals surface area contributed by atoms with Crippen LogP contribution in [0.25, 0.3) is 0 Å². The normalized spacial score (nSPS) is 18.0. The molecule has 0 spiro atoms. The smallest absolute Gasteiger partial charge is 0.243 e. The summed E-state index contributed by atoms with van der Waals surface area (Å²) in [5.41, 5.74) is 0. The van der Waals surface area contributed by atoms with Gasteiger partial charge in [0.2, 0.25) is 10.0 Å². The van der Waals surface area contributed by atoms with E-state index in [-0.39, 0.29) is 0 Å². The molecule has 0 atom stereocenters. The Morgan fingerprint density at radius 3 is 2.43 bits per heavy atom. The molecule has 0 amide bonds. The van der Waals surface area contributed by atoms with Gasteiger partial charge in [-0.15, -0.1) is 11.3 Å². The number of benzene rings is 1. The second kappa shape index (κ2) is 6.04. The second-order valence-electron chi connectivity index (χ2n) is 5.00. The molecule has 1 saturated heterocycles. The molecule has 0 radical (unpaired) electrons. The first-order chi connectivity index (χ1) is 10.1. The summed E-state index contributed by atoms with van der Waals surface area (Å²) in [5.74, 6) is 0.377. The summed E-state index contributed by atoms with van der Waals surface area (Å²) in [4.78, 5) is 4.64. The number of aromatic nitrogens is 1. The number of sulfonamides is 1. The van der Waals surface area contributed by atoms with E-state index in [4.69, 9.17) is 11.6 Å². The van der Waals surface area contributed by atoms with Gasteiger partial charge in [-0.05, 0) is 37.1 Å². The molecule has 1 fully saturated rings. The Balaban J connectivity index is 1.72. The molecule has 0 aliphatic carbocycles. The largest absolute Gasteiger partial charge is 0.249 e. The molecule has 7 heteroatoms. The molecule has 21 heavy (non-hydrogen) atoms. The van der Waals surface area contributed by atoms with Crippen LogP contribution in [0, 0.1) is 0 Å². The van der Waals surface area contributed by atoms with Gasteiger partial charge in [0.25, 0.3) is 0 Å². The Labute approximate surface area is 133 Å². The van der Waals surface area contributed by atoms with Crippen LogP contribution in [-0.4, -0.2) is 30.8 Å². The molecule has 112 valence electrons.